The van der Waals surface area contributed by atoms with Gasteiger partial charge in [-0.05, 0) is 37.0 Å². The fourth-order valence-electron chi connectivity index (χ4n) is 3.69. The number of rotatable bonds is 16. The van der Waals surface area contributed by atoms with Crippen molar-refractivity contribution < 1.29 is 19.0 Å². The molecule has 0 spiro atoms. The highest BCUT2D eigenvalue weighted by Gasteiger charge is 2.40. The lowest BCUT2D eigenvalue weighted by molar-refractivity contribution is -0.137. The summed E-state index contributed by atoms with van der Waals surface area (Å²) in [4.78, 5) is 12.6. The number of aryl methyl sites for hydroxylation is 1. The van der Waals surface area contributed by atoms with Crippen molar-refractivity contribution in [1.29, 1.82) is 0 Å². The van der Waals surface area contributed by atoms with Crippen molar-refractivity contribution in [2.75, 3.05) is 80.2 Å². The van der Waals surface area contributed by atoms with Gasteiger partial charge in [-0.15, -0.1) is 58.0 Å². The van der Waals surface area contributed by atoms with E-state index in [1.54, 1.807) is 4.67 Å². The number of nitrogens with zero attached hydrogens (tertiary/aromatic N) is 3. The van der Waals surface area contributed by atoms with Gasteiger partial charge in [0.2, 0.25) is 0 Å². The van der Waals surface area contributed by atoms with Crippen LogP contribution >= 0.6 is 65.7 Å². The summed E-state index contributed by atoms with van der Waals surface area (Å²) in [6, 6.07) is 8.14. The largest absolute Gasteiger partial charge is 0.481 e. The summed E-state index contributed by atoms with van der Waals surface area (Å²) in [7, 11) is -2.97. The molecule has 13 heteroatoms. The van der Waals surface area contributed by atoms with Gasteiger partial charge in [-0.1, -0.05) is 12.1 Å². The van der Waals surface area contributed by atoms with Crippen LogP contribution < -0.4 is 4.90 Å². The molecule has 1 saturated heterocycles. The minimum absolute atomic E-state index is 0.215. The fraction of sp³-hybridized carbons (Fsp3) is 0.696. The molecule has 1 fully saturated rings. The van der Waals surface area contributed by atoms with E-state index in [0.717, 1.165) is 43.7 Å². The van der Waals surface area contributed by atoms with Crippen LogP contribution in [-0.2, 0) is 20.3 Å². The molecule has 1 aliphatic rings. The molecule has 0 bridgehead atoms. The first-order valence-electron chi connectivity index (χ1n) is 12.0. The minimum Gasteiger partial charge on any atom is -0.481 e. The molecule has 208 valence electrons. The van der Waals surface area contributed by atoms with Crippen molar-refractivity contribution in [2.24, 2.45) is 0 Å². The number of carbonyl (C=O) groups is 1. The van der Waals surface area contributed by atoms with Crippen LogP contribution in [0, 0.1) is 0 Å². The third-order valence-corrected chi connectivity index (χ3v) is 9.02. The van der Waals surface area contributed by atoms with Crippen molar-refractivity contribution in [3.63, 3.8) is 0 Å². The topological polar surface area (TPSA) is 73.3 Å². The van der Waals surface area contributed by atoms with Crippen LogP contribution in [0.3, 0.4) is 0 Å². The van der Waals surface area contributed by atoms with Crippen LogP contribution in [0.1, 0.15) is 24.8 Å². The molecule has 7 nitrogen and oxygen atoms in total. The predicted octanol–water partition coefficient (Wildman–Crippen LogP) is 6.21. The first-order valence-corrected chi connectivity index (χ1v) is 16.2. The summed E-state index contributed by atoms with van der Waals surface area (Å²) in [6.45, 7) is 4.36. The van der Waals surface area contributed by atoms with Gasteiger partial charge in [0.15, 0.2) is 0 Å². The molecule has 1 aliphatic heterocycles. The molecule has 0 radical (unpaired) electrons. The second-order valence-corrected chi connectivity index (χ2v) is 12.2. The van der Waals surface area contributed by atoms with E-state index in [4.69, 9.17) is 67.6 Å². The fourth-order valence-corrected chi connectivity index (χ4v) is 7.56. The molecular formula is C23H37Cl5N3O4P. The number of hydrogen-bond donors (Lipinski definition) is 1. The van der Waals surface area contributed by atoms with Gasteiger partial charge >= 0.3 is 13.6 Å². The standard InChI is InChI=1S/C14H19Cl2NO2.C9H18Cl3N2O2P/c15-8-10-17(11-9-16)13-6-4-12(5-7-13)2-1-3-14(18)19;10-2-6-13-5-1-9-16-17(13,15)14(7-3-11)8-4-12/h4-7H,1-3,8-11H2,(H,18,19);1-9H2. The number of aliphatic carboxylic acids is 1. The number of carboxylic acid groups (broad SMARTS) is 1. The minimum atomic E-state index is -2.97. The second kappa shape index (κ2) is 20.0. The summed E-state index contributed by atoms with van der Waals surface area (Å²) in [5.41, 5.74) is 2.25. The van der Waals surface area contributed by atoms with Crippen LogP contribution in [0.5, 0.6) is 0 Å². The average Bonchev–Trinajstić information content (AvgIpc) is 2.86. The van der Waals surface area contributed by atoms with Crippen LogP contribution in [-0.4, -0.2) is 95.7 Å². The van der Waals surface area contributed by atoms with E-state index >= 15 is 0 Å². The first kappa shape index (κ1) is 34.1. The molecular weight excluding hydrogens is 591 g/mol. The molecule has 1 N–H and O–H groups in total. The molecule has 1 unspecified atom stereocenters. The SMILES string of the molecule is O=C(O)CCCc1ccc(N(CCCl)CCCl)cc1.O=P1(N(CCCl)CCCl)OCCCN1CCCl. The Morgan fingerprint density at radius 1 is 0.944 bits per heavy atom. The van der Waals surface area contributed by atoms with E-state index in [2.05, 4.69) is 4.90 Å². The van der Waals surface area contributed by atoms with Gasteiger partial charge in [0, 0.05) is 80.8 Å². The molecule has 1 aromatic carbocycles. The zero-order chi connectivity index (χ0) is 26.8. The molecule has 1 aromatic rings. The Morgan fingerprint density at radius 3 is 2.03 bits per heavy atom. The van der Waals surface area contributed by atoms with Crippen LogP contribution in [0.4, 0.5) is 5.69 Å². The normalized spacial score (nSPS) is 18.1. The Labute approximate surface area is 240 Å². The zero-order valence-electron chi connectivity index (χ0n) is 20.5. The van der Waals surface area contributed by atoms with Crippen LogP contribution in [0.2, 0.25) is 0 Å². The lowest BCUT2D eigenvalue weighted by atomic mass is 10.1. The second-order valence-electron chi connectivity index (χ2n) is 7.93. The predicted molar refractivity (Wildman–Crippen MR) is 154 cm³/mol. The number of halogens is 5. The first-order chi connectivity index (χ1) is 17.4. The Hall–Kier alpha value is 0.0500. The van der Waals surface area contributed by atoms with E-state index in [0.29, 0.717) is 62.1 Å². The molecule has 0 aliphatic carbocycles. The molecule has 36 heavy (non-hydrogen) atoms. The third-order valence-electron chi connectivity index (χ3n) is 5.43. The quantitative estimate of drug-likeness (QED) is 0.173. The highest BCUT2D eigenvalue weighted by atomic mass is 35.5. The maximum Gasteiger partial charge on any atom is 0.346 e. The van der Waals surface area contributed by atoms with Crippen molar-refractivity contribution >= 4 is 77.3 Å². The smallest absolute Gasteiger partial charge is 0.346 e. The molecule has 1 atom stereocenters. The Kier molecular flexibility index (Phi) is 19.0. The summed E-state index contributed by atoms with van der Waals surface area (Å²) in [5.74, 6) is 1.63. The number of carboxylic acids is 1. The van der Waals surface area contributed by atoms with Gasteiger partial charge in [-0.2, -0.15) is 0 Å². The van der Waals surface area contributed by atoms with Gasteiger partial charge in [0.25, 0.3) is 0 Å². The van der Waals surface area contributed by atoms with Crippen molar-refractivity contribution in [2.45, 2.75) is 25.7 Å². The van der Waals surface area contributed by atoms with Gasteiger partial charge in [0.1, 0.15) is 0 Å². The van der Waals surface area contributed by atoms with E-state index in [1.807, 2.05) is 28.9 Å². The monoisotopic (exact) mass is 625 g/mol. The van der Waals surface area contributed by atoms with Crippen molar-refractivity contribution in [3.8, 4) is 0 Å². The number of anilines is 1. The molecule has 2 rings (SSSR count). The third kappa shape index (κ3) is 12.3. The Balaban J connectivity index is 0.000000362. The van der Waals surface area contributed by atoms with Gasteiger partial charge in [-0.3, -0.25) is 9.36 Å². The van der Waals surface area contributed by atoms with Crippen molar-refractivity contribution in [1.82, 2.24) is 9.34 Å². The van der Waals surface area contributed by atoms with E-state index in [-0.39, 0.29) is 6.42 Å². The van der Waals surface area contributed by atoms with E-state index in [1.165, 1.54) is 0 Å². The lowest BCUT2D eigenvalue weighted by Crippen LogP contribution is -2.39. The van der Waals surface area contributed by atoms with E-state index in [9.17, 15) is 9.36 Å². The van der Waals surface area contributed by atoms with Crippen molar-refractivity contribution in [3.05, 3.63) is 29.8 Å². The van der Waals surface area contributed by atoms with Crippen LogP contribution in [0.15, 0.2) is 24.3 Å². The molecule has 0 amide bonds. The summed E-state index contributed by atoms with van der Waals surface area (Å²) >= 11 is 28.7. The summed E-state index contributed by atoms with van der Waals surface area (Å²) in [6.07, 6.45) is 2.54. The number of hydrogen-bond acceptors (Lipinski definition) is 4. The van der Waals surface area contributed by atoms with Gasteiger partial charge in [0.05, 0.1) is 6.61 Å². The number of alkyl halides is 5. The lowest BCUT2D eigenvalue weighted by Gasteiger charge is -2.40. The highest BCUT2D eigenvalue weighted by molar-refractivity contribution is 7.54. The summed E-state index contributed by atoms with van der Waals surface area (Å²) < 4.78 is 22.0. The molecule has 1 heterocycles. The van der Waals surface area contributed by atoms with Gasteiger partial charge in [-0.25, -0.2) is 9.34 Å². The average molecular weight is 628 g/mol. The van der Waals surface area contributed by atoms with Gasteiger partial charge < -0.3 is 14.5 Å². The maximum absolute atomic E-state index is 12.9. The maximum atomic E-state index is 12.9. The summed E-state index contributed by atoms with van der Waals surface area (Å²) in [5, 5.41) is 8.59. The molecule has 0 saturated carbocycles. The van der Waals surface area contributed by atoms with E-state index < -0.39 is 13.6 Å². The Morgan fingerprint density at radius 2 is 1.53 bits per heavy atom. The Bertz CT molecular complexity index is 765. The molecule has 0 aromatic heterocycles. The highest BCUT2D eigenvalue weighted by Crippen LogP contribution is 2.56. The zero-order valence-corrected chi connectivity index (χ0v) is 25.1. The number of benzene rings is 1. The van der Waals surface area contributed by atoms with Crippen LogP contribution in [0.25, 0.3) is 0 Å².